The number of esters is 1. The maximum atomic E-state index is 12.5. The number of ether oxygens (including phenoxy) is 1. The van der Waals surface area contributed by atoms with Crippen molar-refractivity contribution in [3.63, 3.8) is 0 Å². The van der Waals surface area contributed by atoms with Crippen molar-refractivity contribution >= 4 is 11.9 Å². The summed E-state index contributed by atoms with van der Waals surface area (Å²) in [6.07, 6.45) is 78.2. The highest BCUT2D eigenvalue weighted by atomic mass is 16.5. The molecule has 1 amide bonds. The molecule has 2 unspecified atom stereocenters. The molecule has 0 fully saturated rings. The van der Waals surface area contributed by atoms with Crippen LogP contribution in [0.25, 0.3) is 0 Å². The van der Waals surface area contributed by atoms with Crippen LogP contribution in [0.3, 0.4) is 0 Å². The van der Waals surface area contributed by atoms with E-state index in [4.69, 9.17) is 4.74 Å². The Balaban J connectivity index is 3.33. The number of hydrogen-bond donors (Lipinski definition) is 3. The van der Waals surface area contributed by atoms with Crippen molar-refractivity contribution in [2.45, 2.75) is 398 Å². The summed E-state index contributed by atoms with van der Waals surface area (Å²) in [7, 11) is 0. The van der Waals surface area contributed by atoms with Gasteiger partial charge in [-0.1, -0.05) is 334 Å². The summed E-state index contributed by atoms with van der Waals surface area (Å²) in [4.78, 5) is 24.5. The molecule has 0 aromatic rings. The maximum Gasteiger partial charge on any atom is 0.305 e. The number of carbonyl (C=O) groups is 2. The smallest absolute Gasteiger partial charge is 0.305 e. The summed E-state index contributed by atoms with van der Waals surface area (Å²) in [5, 5.41) is 23.3. The fraction of sp³-hybridized carbons (Fsp3) is 0.941. The molecule has 0 radical (unpaired) electrons. The van der Waals surface area contributed by atoms with Crippen molar-refractivity contribution in [1.29, 1.82) is 0 Å². The normalized spacial score (nSPS) is 12.5. The topological polar surface area (TPSA) is 95.9 Å². The van der Waals surface area contributed by atoms with Gasteiger partial charge in [0.05, 0.1) is 25.4 Å². The molecule has 0 spiro atoms. The first-order valence-corrected chi connectivity index (χ1v) is 33.9. The lowest BCUT2D eigenvalue weighted by atomic mass is 10.0. The van der Waals surface area contributed by atoms with Gasteiger partial charge in [-0.2, -0.15) is 0 Å². The molecule has 2 atom stereocenters. The van der Waals surface area contributed by atoms with E-state index >= 15 is 0 Å². The van der Waals surface area contributed by atoms with Gasteiger partial charge in [-0.05, 0) is 51.4 Å². The minimum atomic E-state index is -0.661. The van der Waals surface area contributed by atoms with Crippen LogP contribution in [0.1, 0.15) is 386 Å². The summed E-state index contributed by atoms with van der Waals surface area (Å²) in [5.74, 6) is -0.0174. The largest absolute Gasteiger partial charge is 0.466 e. The van der Waals surface area contributed by atoms with E-state index in [1.165, 1.54) is 308 Å². The van der Waals surface area contributed by atoms with Crippen LogP contribution >= 0.6 is 0 Å². The molecule has 0 aromatic heterocycles. The molecule has 6 heteroatoms. The Morgan fingerprint density at radius 2 is 0.635 bits per heavy atom. The van der Waals surface area contributed by atoms with E-state index in [-0.39, 0.29) is 18.5 Å². The zero-order valence-corrected chi connectivity index (χ0v) is 50.4. The lowest BCUT2D eigenvalue weighted by Crippen LogP contribution is -2.45. The monoisotopic (exact) mass is 1040 g/mol. The van der Waals surface area contributed by atoms with Gasteiger partial charge in [0.1, 0.15) is 0 Å². The third-order valence-electron chi connectivity index (χ3n) is 16.1. The van der Waals surface area contributed by atoms with Crippen molar-refractivity contribution in [2.75, 3.05) is 13.2 Å². The second kappa shape index (κ2) is 64.1. The number of amides is 1. The van der Waals surface area contributed by atoms with Crippen LogP contribution in [0.4, 0.5) is 0 Å². The number of hydrogen-bond acceptors (Lipinski definition) is 5. The fourth-order valence-electron chi connectivity index (χ4n) is 10.9. The molecule has 3 N–H and O–H groups in total. The van der Waals surface area contributed by atoms with Gasteiger partial charge >= 0.3 is 5.97 Å². The summed E-state index contributed by atoms with van der Waals surface area (Å²) < 4.78 is 5.48. The Labute approximate surface area is 463 Å². The number of rotatable bonds is 64. The number of unbranched alkanes of at least 4 members (excludes halogenated alkanes) is 51. The molecule has 0 bridgehead atoms. The standard InChI is InChI=1S/C68H133NO5/c1-3-5-7-9-11-13-15-17-33-37-40-44-48-52-56-60-66(71)65(64-70)69-67(72)61-57-53-49-45-41-38-34-31-29-27-25-23-21-19-18-20-22-24-26-28-30-32-35-39-43-47-51-55-59-63-74-68(73)62-58-54-50-46-42-36-16-14-12-10-8-6-4-2/h14,16,65-66,70-71H,3-13,15,17-64H2,1-2H3,(H,69,72)/b16-14-. The first-order valence-electron chi connectivity index (χ1n) is 33.9. The minimum Gasteiger partial charge on any atom is -0.466 e. The van der Waals surface area contributed by atoms with Gasteiger partial charge in [-0.15, -0.1) is 0 Å². The van der Waals surface area contributed by atoms with Crippen molar-refractivity contribution in [3.8, 4) is 0 Å². The van der Waals surface area contributed by atoms with E-state index < -0.39 is 12.1 Å². The lowest BCUT2D eigenvalue weighted by Gasteiger charge is -2.22. The maximum absolute atomic E-state index is 12.5. The number of aliphatic hydroxyl groups is 2. The molecular formula is C68H133NO5. The van der Waals surface area contributed by atoms with Gasteiger partial charge in [-0.25, -0.2) is 0 Å². The van der Waals surface area contributed by atoms with Gasteiger partial charge < -0.3 is 20.3 Å². The molecule has 74 heavy (non-hydrogen) atoms. The Morgan fingerprint density at radius 1 is 0.365 bits per heavy atom. The predicted octanol–water partition coefficient (Wildman–Crippen LogP) is 21.6. The lowest BCUT2D eigenvalue weighted by molar-refractivity contribution is -0.143. The fourth-order valence-corrected chi connectivity index (χ4v) is 10.9. The SMILES string of the molecule is CCCCCC/C=C\CCCCCCCC(=O)OCCCCCCCCCCCCCCCCCCCCCCCCCCCCCCCC(=O)NC(CO)C(O)CCCCCCCCCCCCCCCCC. The molecule has 0 saturated carbocycles. The van der Waals surface area contributed by atoms with Crippen LogP contribution in [0, 0.1) is 0 Å². The number of carbonyl (C=O) groups excluding carboxylic acids is 2. The van der Waals surface area contributed by atoms with E-state index in [2.05, 4.69) is 31.3 Å². The van der Waals surface area contributed by atoms with Crippen molar-refractivity contribution < 1.29 is 24.5 Å². The molecular weight excluding hydrogens is 911 g/mol. The second-order valence-corrected chi connectivity index (χ2v) is 23.5. The summed E-state index contributed by atoms with van der Waals surface area (Å²) >= 11 is 0. The van der Waals surface area contributed by atoms with Gasteiger partial charge in [0.25, 0.3) is 0 Å². The van der Waals surface area contributed by atoms with Crippen LogP contribution in [0.2, 0.25) is 0 Å². The van der Waals surface area contributed by atoms with E-state index in [1.54, 1.807) is 0 Å². The van der Waals surface area contributed by atoms with Crippen molar-refractivity contribution in [3.05, 3.63) is 12.2 Å². The minimum absolute atomic E-state index is 0.0109. The third-order valence-corrected chi connectivity index (χ3v) is 16.1. The molecule has 0 aromatic carbocycles. The predicted molar refractivity (Wildman–Crippen MR) is 324 cm³/mol. The Kier molecular flexibility index (Phi) is 62.9. The number of allylic oxidation sites excluding steroid dienone is 2. The van der Waals surface area contributed by atoms with Crippen LogP contribution in [-0.4, -0.2) is 47.4 Å². The third kappa shape index (κ3) is 59.8. The van der Waals surface area contributed by atoms with Crippen LogP contribution in [-0.2, 0) is 14.3 Å². The van der Waals surface area contributed by atoms with Crippen molar-refractivity contribution in [1.82, 2.24) is 5.32 Å². The molecule has 0 rings (SSSR count). The van der Waals surface area contributed by atoms with Gasteiger partial charge in [0.2, 0.25) is 5.91 Å². The first-order chi connectivity index (χ1) is 36.5. The van der Waals surface area contributed by atoms with Gasteiger partial charge in [0.15, 0.2) is 0 Å². The number of nitrogens with one attached hydrogen (secondary N) is 1. The Morgan fingerprint density at radius 3 is 0.973 bits per heavy atom. The van der Waals surface area contributed by atoms with E-state index in [9.17, 15) is 19.8 Å². The summed E-state index contributed by atoms with van der Waals surface area (Å²) in [6, 6.07) is -0.538. The average Bonchev–Trinajstić information content (AvgIpc) is 3.40. The van der Waals surface area contributed by atoms with Gasteiger partial charge in [-0.3, -0.25) is 9.59 Å². The zero-order chi connectivity index (χ0) is 53.6. The molecule has 0 aliphatic carbocycles. The molecule has 0 heterocycles. The molecule has 0 aliphatic rings. The second-order valence-electron chi connectivity index (χ2n) is 23.5. The molecule has 0 saturated heterocycles. The highest BCUT2D eigenvalue weighted by molar-refractivity contribution is 5.76. The number of aliphatic hydroxyl groups excluding tert-OH is 2. The molecule has 440 valence electrons. The highest BCUT2D eigenvalue weighted by Gasteiger charge is 2.20. The van der Waals surface area contributed by atoms with Gasteiger partial charge in [0, 0.05) is 12.8 Å². The molecule has 0 aliphatic heterocycles. The van der Waals surface area contributed by atoms with Crippen LogP contribution < -0.4 is 5.32 Å². The average molecular weight is 1040 g/mol. The zero-order valence-electron chi connectivity index (χ0n) is 50.4. The summed E-state index contributed by atoms with van der Waals surface area (Å²) in [5.41, 5.74) is 0. The first kappa shape index (κ1) is 72.6. The van der Waals surface area contributed by atoms with Crippen LogP contribution in [0.15, 0.2) is 12.2 Å². The van der Waals surface area contributed by atoms with Crippen molar-refractivity contribution in [2.24, 2.45) is 0 Å². The quantitative estimate of drug-likeness (QED) is 0.0320. The van der Waals surface area contributed by atoms with E-state index in [0.29, 0.717) is 25.9 Å². The van der Waals surface area contributed by atoms with E-state index in [0.717, 1.165) is 44.9 Å². The molecule has 6 nitrogen and oxygen atoms in total. The Bertz CT molecular complexity index is 1110. The summed E-state index contributed by atoms with van der Waals surface area (Å²) in [6.45, 7) is 4.97. The van der Waals surface area contributed by atoms with Crippen LogP contribution in [0.5, 0.6) is 0 Å². The Hall–Kier alpha value is -1.40. The van der Waals surface area contributed by atoms with E-state index in [1.807, 2.05) is 0 Å². The highest BCUT2D eigenvalue weighted by Crippen LogP contribution is 2.19.